The van der Waals surface area contributed by atoms with Gasteiger partial charge in [-0.05, 0) is 48.2 Å². The number of aromatic nitrogens is 1. The Morgan fingerprint density at radius 3 is 2.80 bits per heavy atom. The molecule has 2 heterocycles. The average molecular weight is 352 g/mol. The van der Waals surface area contributed by atoms with Crippen molar-refractivity contribution in [3.63, 3.8) is 0 Å². The normalized spacial score (nSPS) is 15.6. The molecule has 1 aromatic carbocycles. The van der Waals surface area contributed by atoms with Gasteiger partial charge in [-0.1, -0.05) is 12.0 Å². The molecule has 1 aliphatic heterocycles. The molecule has 1 aromatic heterocycles. The fourth-order valence-corrected chi connectivity index (χ4v) is 3.22. The van der Waals surface area contributed by atoms with Crippen LogP contribution in [0.1, 0.15) is 16.1 Å². The summed E-state index contributed by atoms with van der Waals surface area (Å²) in [5.74, 6) is 0.834. The number of thioether (sulfide) groups is 1. The third-order valence-corrected chi connectivity index (χ3v) is 4.46. The van der Waals surface area contributed by atoms with E-state index in [1.54, 1.807) is 41.1 Å². The molecule has 1 aliphatic rings. The van der Waals surface area contributed by atoms with Crippen LogP contribution in [0.3, 0.4) is 0 Å². The molecule has 124 valence electrons. The van der Waals surface area contributed by atoms with E-state index in [0.717, 1.165) is 16.7 Å². The van der Waals surface area contributed by atoms with Crippen LogP contribution in [-0.4, -0.2) is 38.2 Å². The molecular weight excluding hydrogens is 340 g/mol. The molecule has 3 rings (SSSR count). The second-order valence-corrected chi connectivity index (χ2v) is 6.12. The number of terminal acetylenes is 1. The zero-order valence-corrected chi connectivity index (χ0v) is 13.7. The van der Waals surface area contributed by atoms with Crippen LogP contribution in [0.2, 0.25) is 0 Å². The van der Waals surface area contributed by atoms with E-state index in [-0.39, 0.29) is 17.0 Å². The van der Waals surface area contributed by atoms with Crippen LogP contribution in [0, 0.1) is 12.3 Å². The maximum atomic E-state index is 12.3. The fourth-order valence-electron chi connectivity index (χ4n) is 2.40. The van der Waals surface area contributed by atoms with Crippen LogP contribution in [0.15, 0.2) is 47.5 Å². The highest BCUT2D eigenvalue weighted by Gasteiger charge is 2.34. The van der Waals surface area contributed by atoms with E-state index in [1.807, 2.05) is 0 Å². The topological polar surface area (TPSA) is 79.6 Å². The first kappa shape index (κ1) is 16.6. The number of hydrogen-bond acceptors (Lipinski definition) is 4. The molecule has 1 N–H and O–H groups in total. The molecule has 0 bridgehead atoms. The quantitative estimate of drug-likeness (QED) is 0.676. The molecule has 0 aliphatic carbocycles. The lowest BCUT2D eigenvalue weighted by Gasteiger charge is -2.08. The number of amides is 2. The first-order chi connectivity index (χ1) is 12.0. The monoisotopic (exact) mass is 352 g/mol. The van der Waals surface area contributed by atoms with Crippen LogP contribution in [-0.2, 0) is 4.79 Å². The van der Waals surface area contributed by atoms with Crippen molar-refractivity contribution in [3.05, 3.63) is 58.8 Å². The summed E-state index contributed by atoms with van der Waals surface area (Å²) in [6.45, 7) is -0.0658. The summed E-state index contributed by atoms with van der Waals surface area (Å²) in [5.41, 5.74) is 1.44. The number of imide groups is 1. The van der Waals surface area contributed by atoms with Gasteiger partial charge in [0.1, 0.15) is 0 Å². The van der Waals surface area contributed by atoms with Crippen LogP contribution < -0.4 is 0 Å². The minimum atomic E-state index is -1.02. The number of carbonyl (C=O) groups is 3. The fraction of sp³-hybridized carbons (Fsp3) is 0.0556. The Morgan fingerprint density at radius 2 is 2.08 bits per heavy atom. The zero-order valence-electron chi connectivity index (χ0n) is 12.9. The van der Waals surface area contributed by atoms with E-state index in [2.05, 4.69) is 5.92 Å². The molecule has 2 aromatic rings. The van der Waals surface area contributed by atoms with Gasteiger partial charge in [0.2, 0.25) is 0 Å². The molecule has 0 radical (unpaired) electrons. The van der Waals surface area contributed by atoms with E-state index in [9.17, 15) is 14.4 Å². The lowest BCUT2D eigenvalue weighted by Crippen LogP contribution is -2.28. The van der Waals surface area contributed by atoms with Crippen molar-refractivity contribution in [2.45, 2.75) is 0 Å². The van der Waals surface area contributed by atoms with E-state index in [1.165, 1.54) is 12.1 Å². The molecule has 0 unspecified atom stereocenters. The van der Waals surface area contributed by atoms with Crippen LogP contribution >= 0.6 is 11.8 Å². The van der Waals surface area contributed by atoms with Crippen molar-refractivity contribution in [1.82, 2.24) is 9.47 Å². The SMILES string of the molecule is C#CCN1C(=O)S/C(=C\c2cccn2-c2cccc(C(=O)O)c2)C1=O. The maximum absolute atomic E-state index is 12.3. The summed E-state index contributed by atoms with van der Waals surface area (Å²) in [6, 6.07) is 9.97. The van der Waals surface area contributed by atoms with Gasteiger partial charge in [-0.2, -0.15) is 0 Å². The highest BCUT2D eigenvalue weighted by Crippen LogP contribution is 2.32. The zero-order chi connectivity index (χ0) is 18.0. The number of rotatable bonds is 4. The summed E-state index contributed by atoms with van der Waals surface area (Å²) in [4.78, 5) is 36.5. The Hall–Kier alpha value is -3.24. The molecule has 1 saturated heterocycles. The number of nitrogens with zero attached hydrogens (tertiary/aromatic N) is 2. The first-order valence-corrected chi connectivity index (χ1v) is 8.03. The Morgan fingerprint density at radius 1 is 1.28 bits per heavy atom. The van der Waals surface area contributed by atoms with E-state index in [0.29, 0.717) is 11.4 Å². The molecule has 0 atom stereocenters. The van der Waals surface area contributed by atoms with Gasteiger partial charge in [0, 0.05) is 17.6 Å². The third kappa shape index (κ3) is 3.20. The van der Waals surface area contributed by atoms with Gasteiger partial charge in [0.25, 0.3) is 11.1 Å². The second-order valence-electron chi connectivity index (χ2n) is 5.13. The lowest BCUT2D eigenvalue weighted by molar-refractivity contribution is -0.122. The van der Waals surface area contributed by atoms with E-state index in [4.69, 9.17) is 11.5 Å². The maximum Gasteiger partial charge on any atom is 0.335 e. The van der Waals surface area contributed by atoms with Crippen molar-refractivity contribution in [1.29, 1.82) is 0 Å². The first-order valence-electron chi connectivity index (χ1n) is 7.21. The number of carbonyl (C=O) groups excluding carboxylic acids is 2. The number of aromatic carboxylic acids is 1. The average Bonchev–Trinajstić information content (AvgIpc) is 3.16. The van der Waals surface area contributed by atoms with E-state index >= 15 is 0 Å². The number of benzene rings is 1. The Bertz CT molecular complexity index is 952. The Labute approximate surface area is 147 Å². The van der Waals surface area contributed by atoms with Crippen molar-refractivity contribution < 1.29 is 19.5 Å². The van der Waals surface area contributed by atoms with Crippen molar-refractivity contribution in [2.24, 2.45) is 0 Å². The summed E-state index contributed by atoms with van der Waals surface area (Å²) in [5, 5.41) is 8.72. The van der Waals surface area contributed by atoms with Crippen LogP contribution in [0.5, 0.6) is 0 Å². The molecule has 0 saturated carbocycles. The van der Waals surface area contributed by atoms with Gasteiger partial charge in [0.05, 0.1) is 17.0 Å². The smallest absolute Gasteiger partial charge is 0.335 e. The van der Waals surface area contributed by atoms with Crippen LogP contribution in [0.25, 0.3) is 11.8 Å². The highest BCUT2D eigenvalue weighted by atomic mass is 32.2. The summed E-state index contributed by atoms with van der Waals surface area (Å²) in [6.07, 6.45) is 8.52. The van der Waals surface area contributed by atoms with Crippen molar-refractivity contribution in [2.75, 3.05) is 6.54 Å². The molecule has 6 nitrogen and oxygen atoms in total. The van der Waals surface area contributed by atoms with Crippen molar-refractivity contribution >= 4 is 35.0 Å². The summed E-state index contributed by atoms with van der Waals surface area (Å²) < 4.78 is 1.74. The van der Waals surface area contributed by atoms with Crippen molar-refractivity contribution in [3.8, 4) is 18.0 Å². The molecule has 0 spiro atoms. The minimum absolute atomic E-state index is 0.0658. The number of carboxylic acids is 1. The van der Waals surface area contributed by atoms with Gasteiger partial charge in [-0.25, -0.2) is 4.79 Å². The number of carboxylic acid groups (broad SMARTS) is 1. The largest absolute Gasteiger partial charge is 0.478 e. The molecule has 25 heavy (non-hydrogen) atoms. The number of hydrogen-bond donors (Lipinski definition) is 1. The van der Waals surface area contributed by atoms with Gasteiger partial charge in [-0.15, -0.1) is 6.42 Å². The predicted octanol–water partition coefficient (Wildman–Crippen LogP) is 2.85. The van der Waals surface area contributed by atoms with Gasteiger partial charge >= 0.3 is 5.97 Å². The third-order valence-electron chi connectivity index (χ3n) is 3.55. The van der Waals surface area contributed by atoms with Gasteiger partial charge in [0.15, 0.2) is 0 Å². The van der Waals surface area contributed by atoms with E-state index < -0.39 is 17.1 Å². The summed E-state index contributed by atoms with van der Waals surface area (Å²) >= 11 is 0.827. The Kier molecular flexibility index (Phi) is 4.46. The molecule has 7 heteroatoms. The molecule has 1 fully saturated rings. The van der Waals surface area contributed by atoms with Gasteiger partial charge in [-0.3, -0.25) is 14.5 Å². The van der Waals surface area contributed by atoms with Crippen LogP contribution in [0.4, 0.5) is 4.79 Å². The predicted molar refractivity (Wildman–Crippen MR) is 94.2 cm³/mol. The molecule has 2 amide bonds. The minimum Gasteiger partial charge on any atom is -0.478 e. The second kappa shape index (κ2) is 6.71. The lowest BCUT2D eigenvalue weighted by atomic mass is 10.2. The standard InChI is InChI=1S/C18H12N2O4S/c1-2-8-20-16(21)15(25-18(20)24)11-14-7-4-9-19(14)13-6-3-5-12(10-13)17(22)23/h1,3-7,9-11H,8H2,(H,22,23)/b15-11-. The molecular formula is C18H12N2O4S. The highest BCUT2D eigenvalue weighted by molar-refractivity contribution is 8.18. The summed E-state index contributed by atoms with van der Waals surface area (Å²) in [7, 11) is 0. The van der Waals surface area contributed by atoms with Gasteiger partial charge < -0.3 is 9.67 Å². The Balaban J connectivity index is 1.97.